The Bertz CT molecular complexity index is 1190. The largest absolute Gasteiger partial charge is 0.416 e. The molecule has 0 aliphatic heterocycles. The van der Waals surface area contributed by atoms with E-state index in [0.29, 0.717) is 10.9 Å². The van der Waals surface area contributed by atoms with Crippen LogP contribution < -0.4 is 5.32 Å². The zero-order chi connectivity index (χ0) is 22.8. The lowest BCUT2D eigenvalue weighted by Gasteiger charge is -2.18. The number of carbonyl (C=O) groups is 1. The van der Waals surface area contributed by atoms with Crippen LogP contribution in [0.5, 0.6) is 0 Å². The van der Waals surface area contributed by atoms with Crippen LogP contribution >= 0.6 is 11.3 Å². The fourth-order valence-electron chi connectivity index (χ4n) is 2.92. The van der Waals surface area contributed by atoms with E-state index < -0.39 is 38.6 Å². The molecule has 1 amide bonds. The fraction of sp³-hybridized carbons (Fsp3) is 0.190. The van der Waals surface area contributed by atoms with E-state index in [2.05, 4.69) is 5.32 Å². The third-order valence-corrected chi connectivity index (χ3v) is 7.81. The second kappa shape index (κ2) is 8.80. The van der Waals surface area contributed by atoms with Gasteiger partial charge in [-0.15, -0.1) is 11.3 Å². The summed E-state index contributed by atoms with van der Waals surface area (Å²) in [6, 6.07) is 10.5. The van der Waals surface area contributed by atoms with Gasteiger partial charge in [0.2, 0.25) is 0 Å². The maximum atomic E-state index is 13.6. The summed E-state index contributed by atoms with van der Waals surface area (Å²) in [4.78, 5) is 12.8. The molecule has 3 rings (SSSR count). The molecule has 0 fully saturated rings. The molecule has 0 radical (unpaired) electrons. The Morgan fingerprint density at radius 2 is 1.84 bits per heavy atom. The quantitative estimate of drug-likeness (QED) is 0.399. The van der Waals surface area contributed by atoms with Crippen molar-refractivity contribution in [2.75, 3.05) is 6.54 Å². The molecule has 1 N–H and O–H groups in total. The van der Waals surface area contributed by atoms with Gasteiger partial charge in [-0.25, -0.2) is 12.8 Å². The number of rotatable bonds is 6. The van der Waals surface area contributed by atoms with Gasteiger partial charge in [-0.05, 0) is 60.3 Å². The number of thiophene rings is 1. The number of aryl methyl sites for hydroxylation is 1. The van der Waals surface area contributed by atoms with Crippen molar-refractivity contribution in [2.45, 2.75) is 23.2 Å². The monoisotopic (exact) mass is 471 g/mol. The van der Waals surface area contributed by atoms with Gasteiger partial charge in [-0.1, -0.05) is 12.1 Å². The molecular weight excluding hydrogens is 454 g/mol. The average Bonchev–Trinajstić information content (AvgIpc) is 3.23. The normalized spacial score (nSPS) is 13.1. The van der Waals surface area contributed by atoms with Crippen LogP contribution in [0.1, 0.15) is 31.6 Å². The van der Waals surface area contributed by atoms with Gasteiger partial charge in [-0.3, -0.25) is 4.79 Å². The number of hydrogen-bond acceptors (Lipinski definition) is 4. The number of sulfone groups is 1. The Balaban J connectivity index is 1.88. The molecule has 0 unspecified atom stereocenters. The zero-order valence-electron chi connectivity index (χ0n) is 16.1. The maximum Gasteiger partial charge on any atom is 0.416 e. The third kappa shape index (κ3) is 5.13. The van der Waals surface area contributed by atoms with E-state index >= 15 is 0 Å². The van der Waals surface area contributed by atoms with Crippen LogP contribution in [0.4, 0.5) is 17.6 Å². The summed E-state index contributed by atoms with van der Waals surface area (Å²) in [7, 11) is -4.02. The lowest BCUT2D eigenvalue weighted by molar-refractivity contribution is -0.137. The molecule has 3 aromatic rings. The number of benzene rings is 2. The number of halogens is 4. The van der Waals surface area contributed by atoms with Crippen LogP contribution in [0.15, 0.2) is 64.9 Å². The second-order valence-corrected chi connectivity index (χ2v) is 9.86. The first kappa shape index (κ1) is 23.0. The Labute approximate surface area is 180 Å². The number of hydrogen-bond donors (Lipinski definition) is 1. The van der Waals surface area contributed by atoms with Crippen molar-refractivity contribution in [2.24, 2.45) is 0 Å². The summed E-state index contributed by atoms with van der Waals surface area (Å²) >= 11 is 1.16. The van der Waals surface area contributed by atoms with E-state index in [9.17, 15) is 30.8 Å². The molecule has 0 saturated carbocycles. The van der Waals surface area contributed by atoms with Crippen LogP contribution in [-0.2, 0) is 16.0 Å². The van der Waals surface area contributed by atoms with Crippen LogP contribution in [0, 0.1) is 12.7 Å². The summed E-state index contributed by atoms with van der Waals surface area (Å²) in [6.45, 7) is 1.07. The predicted octanol–water partition coefficient (Wildman–Crippen LogP) is 5.16. The summed E-state index contributed by atoms with van der Waals surface area (Å²) in [5, 5.41) is 2.90. The molecule has 1 atom stereocenters. The Kier molecular flexibility index (Phi) is 6.51. The molecular formula is C21H17F4NO3S2. The van der Waals surface area contributed by atoms with E-state index in [4.69, 9.17) is 0 Å². The maximum absolute atomic E-state index is 13.6. The third-order valence-electron chi connectivity index (χ3n) is 4.59. The summed E-state index contributed by atoms with van der Waals surface area (Å²) < 4.78 is 78.7. The SMILES string of the molecule is Cc1cc(S(=O)(=O)[C@@H](CNC(=O)c2cccc(C(F)(F)F)c2)c2cccs2)ccc1F. The lowest BCUT2D eigenvalue weighted by atomic mass is 10.1. The molecule has 2 aromatic carbocycles. The summed E-state index contributed by atoms with van der Waals surface area (Å²) in [6.07, 6.45) is -4.61. The molecule has 4 nitrogen and oxygen atoms in total. The van der Waals surface area contributed by atoms with Gasteiger partial charge in [0, 0.05) is 17.0 Å². The van der Waals surface area contributed by atoms with Crippen LogP contribution in [-0.4, -0.2) is 20.9 Å². The number of alkyl halides is 3. The minimum atomic E-state index is -4.61. The number of nitrogens with one attached hydrogen (secondary N) is 1. The predicted molar refractivity (Wildman–Crippen MR) is 109 cm³/mol. The molecule has 0 aliphatic carbocycles. The van der Waals surface area contributed by atoms with Crippen LogP contribution in [0.3, 0.4) is 0 Å². The summed E-state index contributed by atoms with van der Waals surface area (Å²) in [5.41, 5.74) is -1.07. The van der Waals surface area contributed by atoms with Gasteiger partial charge in [0.25, 0.3) is 5.91 Å². The molecule has 164 valence electrons. The zero-order valence-corrected chi connectivity index (χ0v) is 17.7. The van der Waals surface area contributed by atoms with Crippen LogP contribution in [0.2, 0.25) is 0 Å². The van der Waals surface area contributed by atoms with E-state index in [1.165, 1.54) is 19.1 Å². The van der Waals surface area contributed by atoms with Crippen molar-refractivity contribution >= 4 is 27.1 Å². The van der Waals surface area contributed by atoms with Gasteiger partial charge >= 0.3 is 6.18 Å². The van der Waals surface area contributed by atoms with Gasteiger partial charge < -0.3 is 5.32 Å². The molecule has 0 spiro atoms. The Hall–Kier alpha value is -2.72. The molecule has 0 bridgehead atoms. The highest BCUT2D eigenvalue weighted by Crippen LogP contribution is 2.33. The standard InChI is InChI=1S/C21H17F4NO3S2/c1-13-10-16(7-8-17(13)22)31(28,29)19(18-6-3-9-30-18)12-26-20(27)14-4-2-5-15(11-14)21(23,24)25/h2-11,19H,12H2,1H3,(H,26,27)/t19-/m0/s1. The molecule has 1 aromatic heterocycles. The van der Waals surface area contributed by atoms with Gasteiger partial charge in [0.1, 0.15) is 11.1 Å². The van der Waals surface area contributed by atoms with E-state index in [0.717, 1.165) is 35.6 Å². The van der Waals surface area contributed by atoms with Crippen molar-refractivity contribution < 1.29 is 30.8 Å². The molecule has 0 aliphatic rings. The van der Waals surface area contributed by atoms with E-state index in [-0.39, 0.29) is 22.6 Å². The van der Waals surface area contributed by atoms with Crippen molar-refractivity contribution in [1.82, 2.24) is 5.32 Å². The molecule has 31 heavy (non-hydrogen) atoms. The molecule has 1 heterocycles. The van der Waals surface area contributed by atoms with Crippen LogP contribution in [0.25, 0.3) is 0 Å². The van der Waals surface area contributed by atoms with Gasteiger partial charge in [-0.2, -0.15) is 13.2 Å². The fourth-order valence-corrected chi connectivity index (χ4v) is 5.79. The average molecular weight is 471 g/mol. The Morgan fingerprint density at radius 3 is 2.45 bits per heavy atom. The summed E-state index contributed by atoms with van der Waals surface area (Å²) in [5.74, 6) is -1.39. The van der Waals surface area contributed by atoms with E-state index in [1.807, 2.05) is 0 Å². The highest BCUT2D eigenvalue weighted by atomic mass is 32.2. The van der Waals surface area contributed by atoms with Crippen molar-refractivity contribution in [3.05, 3.63) is 87.4 Å². The topological polar surface area (TPSA) is 63.2 Å². The minimum Gasteiger partial charge on any atom is -0.350 e. The second-order valence-electron chi connectivity index (χ2n) is 6.75. The lowest BCUT2D eigenvalue weighted by Crippen LogP contribution is -2.31. The highest BCUT2D eigenvalue weighted by Gasteiger charge is 2.32. The number of amides is 1. The van der Waals surface area contributed by atoms with Crippen molar-refractivity contribution in [3.63, 3.8) is 0 Å². The van der Waals surface area contributed by atoms with Gasteiger partial charge in [0.05, 0.1) is 10.5 Å². The van der Waals surface area contributed by atoms with Crippen molar-refractivity contribution in [1.29, 1.82) is 0 Å². The smallest absolute Gasteiger partial charge is 0.350 e. The first-order chi connectivity index (χ1) is 14.5. The first-order valence-electron chi connectivity index (χ1n) is 8.99. The Morgan fingerprint density at radius 1 is 1.10 bits per heavy atom. The van der Waals surface area contributed by atoms with Crippen molar-refractivity contribution in [3.8, 4) is 0 Å². The first-order valence-corrected chi connectivity index (χ1v) is 11.4. The highest BCUT2D eigenvalue weighted by molar-refractivity contribution is 7.91. The minimum absolute atomic E-state index is 0.113. The van der Waals surface area contributed by atoms with E-state index in [1.54, 1.807) is 17.5 Å². The number of carbonyl (C=O) groups excluding carboxylic acids is 1. The molecule has 0 saturated heterocycles. The van der Waals surface area contributed by atoms with Gasteiger partial charge in [0.15, 0.2) is 9.84 Å². The molecule has 10 heteroatoms.